The predicted octanol–water partition coefficient (Wildman–Crippen LogP) is 3.21. The largest absolute Gasteiger partial charge is 0.489 e. The molecule has 0 bridgehead atoms. The number of ether oxygens (including phenoxy) is 1. The molecule has 1 atom stereocenters. The zero-order chi connectivity index (χ0) is 12.4. The van der Waals surface area contributed by atoms with Gasteiger partial charge in [0.2, 0.25) is 0 Å². The Morgan fingerprint density at radius 1 is 1.11 bits per heavy atom. The summed E-state index contributed by atoms with van der Waals surface area (Å²) in [6.07, 6.45) is 2.15. The van der Waals surface area contributed by atoms with Gasteiger partial charge in [-0.2, -0.15) is 0 Å². The van der Waals surface area contributed by atoms with Crippen molar-refractivity contribution in [2.45, 2.75) is 25.5 Å². The molecule has 2 aromatic rings. The fourth-order valence-electron chi connectivity index (χ4n) is 2.44. The van der Waals surface area contributed by atoms with E-state index in [0.717, 1.165) is 18.6 Å². The molecule has 0 saturated heterocycles. The Balaban J connectivity index is 1.72. The van der Waals surface area contributed by atoms with E-state index in [0.29, 0.717) is 6.61 Å². The van der Waals surface area contributed by atoms with Gasteiger partial charge in [-0.1, -0.05) is 36.4 Å². The molecular formula is C16H17NO. The van der Waals surface area contributed by atoms with Crippen LogP contribution < -0.4 is 10.5 Å². The van der Waals surface area contributed by atoms with Crippen molar-refractivity contribution < 1.29 is 4.74 Å². The van der Waals surface area contributed by atoms with E-state index in [4.69, 9.17) is 10.5 Å². The van der Waals surface area contributed by atoms with E-state index >= 15 is 0 Å². The molecule has 2 aromatic carbocycles. The summed E-state index contributed by atoms with van der Waals surface area (Å²) in [7, 11) is 0. The van der Waals surface area contributed by atoms with Crippen LogP contribution in [0.5, 0.6) is 5.75 Å². The van der Waals surface area contributed by atoms with E-state index in [1.165, 1.54) is 16.7 Å². The summed E-state index contributed by atoms with van der Waals surface area (Å²) in [4.78, 5) is 0. The van der Waals surface area contributed by atoms with Crippen LogP contribution in [0.25, 0.3) is 0 Å². The number of hydrogen-bond donors (Lipinski definition) is 1. The maximum Gasteiger partial charge on any atom is 0.120 e. The zero-order valence-electron chi connectivity index (χ0n) is 10.3. The quantitative estimate of drug-likeness (QED) is 0.892. The second-order valence-electron chi connectivity index (χ2n) is 4.78. The molecule has 0 spiro atoms. The van der Waals surface area contributed by atoms with E-state index in [1.807, 2.05) is 24.3 Å². The van der Waals surface area contributed by atoms with Crippen molar-refractivity contribution in [2.24, 2.45) is 5.73 Å². The summed E-state index contributed by atoms with van der Waals surface area (Å²) >= 11 is 0. The summed E-state index contributed by atoms with van der Waals surface area (Å²) in [5.41, 5.74) is 9.87. The molecule has 0 heterocycles. The van der Waals surface area contributed by atoms with E-state index in [-0.39, 0.29) is 6.04 Å². The van der Waals surface area contributed by atoms with Gasteiger partial charge in [0.15, 0.2) is 0 Å². The van der Waals surface area contributed by atoms with E-state index in [1.54, 1.807) is 0 Å². The third kappa shape index (κ3) is 2.24. The smallest absolute Gasteiger partial charge is 0.120 e. The van der Waals surface area contributed by atoms with Gasteiger partial charge in [-0.3, -0.25) is 0 Å². The van der Waals surface area contributed by atoms with Gasteiger partial charge >= 0.3 is 0 Å². The second-order valence-corrected chi connectivity index (χ2v) is 4.78. The monoisotopic (exact) mass is 239 g/mol. The summed E-state index contributed by atoms with van der Waals surface area (Å²) in [5, 5.41) is 0. The minimum atomic E-state index is 0.181. The van der Waals surface area contributed by atoms with Gasteiger partial charge < -0.3 is 10.5 Å². The molecule has 3 rings (SSSR count). The molecule has 0 amide bonds. The lowest BCUT2D eigenvalue weighted by Crippen LogP contribution is -2.05. The van der Waals surface area contributed by atoms with Crippen LogP contribution in [0.2, 0.25) is 0 Å². The Morgan fingerprint density at radius 2 is 1.94 bits per heavy atom. The van der Waals surface area contributed by atoms with Crippen LogP contribution >= 0.6 is 0 Å². The van der Waals surface area contributed by atoms with Crippen molar-refractivity contribution in [3.05, 3.63) is 65.2 Å². The normalized spacial score (nSPS) is 17.5. The van der Waals surface area contributed by atoms with Crippen LogP contribution in [0, 0.1) is 0 Å². The van der Waals surface area contributed by atoms with Crippen LogP contribution in [0.15, 0.2) is 48.5 Å². The zero-order valence-corrected chi connectivity index (χ0v) is 10.3. The Bertz CT molecular complexity index is 536. The SMILES string of the molecule is N[C@H]1CCc2ccc(OCc3ccccc3)cc21. The lowest BCUT2D eigenvalue weighted by atomic mass is 10.1. The van der Waals surface area contributed by atoms with Gasteiger partial charge in [-0.05, 0) is 41.7 Å². The highest BCUT2D eigenvalue weighted by atomic mass is 16.5. The van der Waals surface area contributed by atoms with Crippen molar-refractivity contribution in [3.63, 3.8) is 0 Å². The number of hydrogen-bond acceptors (Lipinski definition) is 2. The second kappa shape index (κ2) is 4.83. The van der Waals surface area contributed by atoms with Gasteiger partial charge in [0.05, 0.1) is 0 Å². The standard InChI is InChI=1S/C16H17NO/c17-16-9-7-13-6-8-14(10-15(13)16)18-11-12-4-2-1-3-5-12/h1-6,8,10,16H,7,9,11,17H2/t16-/m0/s1. The number of nitrogens with two attached hydrogens (primary N) is 1. The van der Waals surface area contributed by atoms with Gasteiger partial charge in [-0.25, -0.2) is 0 Å². The fraction of sp³-hybridized carbons (Fsp3) is 0.250. The molecule has 1 aliphatic rings. The first-order valence-electron chi connectivity index (χ1n) is 6.38. The van der Waals surface area contributed by atoms with Crippen molar-refractivity contribution in [1.29, 1.82) is 0 Å². The molecule has 2 N–H and O–H groups in total. The molecule has 2 nitrogen and oxygen atoms in total. The first-order valence-corrected chi connectivity index (χ1v) is 6.38. The average Bonchev–Trinajstić information content (AvgIpc) is 2.79. The number of benzene rings is 2. The average molecular weight is 239 g/mol. The highest BCUT2D eigenvalue weighted by Crippen LogP contribution is 2.32. The van der Waals surface area contributed by atoms with Gasteiger partial charge in [0.25, 0.3) is 0 Å². The van der Waals surface area contributed by atoms with Crippen molar-refractivity contribution in [3.8, 4) is 5.75 Å². The number of fused-ring (bicyclic) bond motifs is 1. The Labute approximate surface area is 107 Å². The molecule has 0 radical (unpaired) electrons. The Hall–Kier alpha value is -1.80. The molecule has 0 aromatic heterocycles. The highest BCUT2D eigenvalue weighted by molar-refractivity contribution is 5.40. The molecule has 18 heavy (non-hydrogen) atoms. The van der Waals surface area contributed by atoms with Crippen LogP contribution in [0.1, 0.15) is 29.2 Å². The summed E-state index contributed by atoms with van der Waals surface area (Å²) < 4.78 is 5.81. The fourth-order valence-corrected chi connectivity index (χ4v) is 2.44. The van der Waals surface area contributed by atoms with Gasteiger partial charge in [0, 0.05) is 6.04 Å². The van der Waals surface area contributed by atoms with Gasteiger partial charge in [0.1, 0.15) is 12.4 Å². The van der Waals surface area contributed by atoms with Crippen LogP contribution in [-0.4, -0.2) is 0 Å². The van der Waals surface area contributed by atoms with E-state index < -0.39 is 0 Å². The van der Waals surface area contributed by atoms with Crippen LogP contribution in [-0.2, 0) is 13.0 Å². The number of aryl methyl sites for hydroxylation is 1. The van der Waals surface area contributed by atoms with Crippen LogP contribution in [0.4, 0.5) is 0 Å². The van der Waals surface area contributed by atoms with Crippen molar-refractivity contribution in [1.82, 2.24) is 0 Å². The van der Waals surface area contributed by atoms with Gasteiger partial charge in [-0.15, -0.1) is 0 Å². The van der Waals surface area contributed by atoms with E-state index in [2.05, 4.69) is 24.3 Å². The lowest BCUT2D eigenvalue weighted by Gasteiger charge is -2.10. The highest BCUT2D eigenvalue weighted by Gasteiger charge is 2.19. The lowest BCUT2D eigenvalue weighted by molar-refractivity contribution is 0.306. The predicted molar refractivity (Wildman–Crippen MR) is 72.5 cm³/mol. The third-order valence-electron chi connectivity index (χ3n) is 3.49. The molecular weight excluding hydrogens is 222 g/mol. The van der Waals surface area contributed by atoms with Crippen LogP contribution in [0.3, 0.4) is 0 Å². The first-order chi connectivity index (χ1) is 8.83. The maximum atomic E-state index is 6.07. The number of rotatable bonds is 3. The Morgan fingerprint density at radius 3 is 2.78 bits per heavy atom. The third-order valence-corrected chi connectivity index (χ3v) is 3.49. The minimum Gasteiger partial charge on any atom is -0.489 e. The molecule has 0 saturated carbocycles. The minimum absolute atomic E-state index is 0.181. The Kier molecular flexibility index (Phi) is 3.03. The first kappa shape index (κ1) is 11.3. The summed E-state index contributed by atoms with van der Waals surface area (Å²) in [5.74, 6) is 0.912. The molecule has 0 fully saturated rings. The molecule has 0 aliphatic heterocycles. The molecule has 2 heteroatoms. The summed E-state index contributed by atoms with van der Waals surface area (Å²) in [6, 6.07) is 16.7. The van der Waals surface area contributed by atoms with Crippen molar-refractivity contribution >= 4 is 0 Å². The molecule has 1 aliphatic carbocycles. The topological polar surface area (TPSA) is 35.2 Å². The molecule has 0 unspecified atom stereocenters. The molecule has 92 valence electrons. The van der Waals surface area contributed by atoms with Crippen molar-refractivity contribution in [2.75, 3.05) is 0 Å². The van der Waals surface area contributed by atoms with E-state index in [9.17, 15) is 0 Å². The summed E-state index contributed by atoms with van der Waals surface area (Å²) in [6.45, 7) is 0.606. The maximum absolute atomic E-state index is 6.07.